The van der Waals surface area contributed by atoms with E-state index in [0.717, 1.165) is 4.90 Å². The normalized spacial score (nSPS) is 17.2. The molecule has 1 aromatic rings. The van der Waals surface area contributed by atoms with Crippen molar-refractivity contribution < 1.29 is 14.5 Å². The standard InChI is InChI=1S/C19H24N3O4SSe/c1-4-26-19(23)17-15(8-9-20)21(11-28)12(2)18(22(24)25)16(17)13-6-5-7-14(10-13)27-3/h5-7,10,16H,4,8-9,11,20H2,1-3H3. The Kier molecular flexibility index (Phi) is 8.12. The fourth-order valence-corrected chi connectivity index (χ4v) is 4.61. The average Bonchev–Trinajstić information content (AvgIpc) is 2.67. The van der Waals surface area contributed by atoms with Gasteiger partial charge in [-0.3, -0.25) is 0 Å². The number of carbonyl (C=O) groups excluding carboxylic acids is 1. The number of ether oxygens (including phenoxy) is 1. The molecular formula is C19H24N3O4SSe. The molecule has 9 heteroatoms. The fourth-order valence-electron chi connectivity index (χ4n) is 3.41. The van der Waals surface area contributed by atoms with Crippen molar-refractivity contribution in [3.8, 4) is 0 Å². The SMILES string of the molecule is CCOC(=O)C1=C(CCN)N(C[Se])C(C)=C([N+](=O)[O-])C1c1cccc(SC)c1. The van der Waals surface area contributed by atoms with Crippen molar-refractivity contribution in [1.29, 1.82) is 0 Å². The van der Waals surface area contributed by atoms with Crippen LogP contribution in [-0.2, 0) is 9.53 Å². The van der Waals surface area contributed by atoms with Crippen molar-refractivity contribution in [1.82, 2.24) is 4.90 Å². The molecule has 0 bridgehead atoms. The summed E-state index contributed by atoms with van der Waals surface area (Å²) in [4.78, 5) is 27.3. The van der Waals surface area contributed by atoms with Gasteiger partial charge in [0.1, 0.15) is 0 Å². The van der Waals surface area contributed by atoms with Crippen LogP contribution >= 0.6 is 11.8 Å². The van der Waals surface area contributed by atoms with E-state index in [0.29, 0.717) is 35.4 Å². The summed E-state index contributed by atoms with van der Waals surface area (Å²) in [5.41, 5.74) is 8.31. The van der Waals surface area contributed by atoms with Crippen molar-refractivity contribution in [2.45, 2.75) is 31.1 Å². The number of nitrogens with zero attached hydrogens (tertiary/aromatic N) is 2. The van der Waals surface area contributed by atoms with Gasteiger partial charge in [-0.2, -0.15) is 0 Å². The van der Waals surface area contributed by atoms with Crippen LogP contribution in [0, 0.1) is 10.1 Å². The molecule has 2 N–H and O–H groups in total. The molecule has 0 spiro atoms. The maximum atomic E-state index is 12.9. The molecule has 0 aromatic heterocycles. The number of carbonyl (C=O) groups is 1. The molecule has 151 valence electrons. The predicted molar refractivity (Wildman–Crippen MR) is 110 cm³/mol. The van der Waals surface area contributed by atoms with E-state index in [9.17, 15) is 14.9 Å². The number of allylic oxidation sites excluding steroid dienone is 2. The van der Waals surface area contributed by atoms with Crippen LogP contribution in [0.2, 0.25) is 0 Å². The van der Waals surface area contributed by atoms with Gasteiger partial charge < -0.3 is 0 Å². The molecule has 1 aliphatic heterocycles. The Bertz CT molecular complexity index is 825. The van der Waals surface area contributed by atoms with Crippen molar-refractivity contribution in [2.24, 2.45) is 5.73 Å². The van der Waals surface area contributed by atoms with Gasteiger partial charge in [-0.25, -0.2) is 0 Å². The molecule has 0 amide bonds. The maximum absolute atomic E-state index is 12.9. The summed E-state index contributed by atoms with van der Waals surface area (Å²) in [6.07, 6.45) is 2.35. The first-order chi connectivity index (χ1) is 13.4. The molecule has 1 heterocycles. The van der Waals surface area contributed by atoms with E-state index in [4.69, 9.17) is 10.5 Å². The second-order valence-electron chi connectivity index (χ2n) is 6.11. The summed E-state index contributed by atoms with van der Waals surface area (Å²) >= 11 is 4.43. The van der Waals surface area contributed by atoms with Crippen LogP contribution in [0.1, 0.15) is 31.7 Å². The zero-order valence-corrected chi connectivity index (χ0v) is 18.7. The summed E-state index contributed by atoms with van der Waals surface area (Å²) < 4.78 is 5.30. The zero-order chi connectivity index (χ0) is 20.8. The average molecular weight is 469 g/mol. The number of hydrogen-bond donors (Lipinski definition) is 1. The van der Waals surface area contributed by atoms with Gasteiger partial charge in [0.15, 0.2) is 0 Å². The Balaban J connectivity index is 2.82. The summed E-state index contributed by atoms with van der Waals surface area (Å²) in [5.74, 6) is -1.36. The molecule has 0 saturated heterocycles. The predicted octanol–water partition coefficient (Wildman–Crippen LogP) is 2.61. The first-order valence-electron chi connectivity index (χ1n) is 8.86. The second kappa shape index (κ2) is 10.1. The third-order valence-corrected chi connectivity index (χ3v) is 5.87. The third-order valence-electron chi connectivity index (χ3n) is 4.60. The van der Waals surface area contributed by atoms with E-state index in [1.54, 1.807) is 18.7 Å². The van der Waals surface area contributed by atoms with Crippen LogP contribution < -0.4 is 5.73 Å². The van der Waals surface area contributed by atoms with Crippen LogP contribution in [0.25, 0.3) is 0 Å². The van der Waals surface area contributed by atoms with E-state index >= 15 is 0 Å². The van der Waals surface area contributed by atoms with Gasteiger partial charge in [0.05, 0.1) is 0 Å². The van der Waals surface area contributed by atoms with Crippen LogP contribution in [-0.4, -0.2) is 56.7 Å². The van der Waals surface area contributed by atoms with Crippen molar-refractivity contribution in [2.75, 3.05) is 24.9 Å². The number of rotatable bonds is 8. The Hall–Kier alpha value is -1.80. The minimum absolute atomic E-state index is 0.0164. The molecule has 1 radical (unpaired) electrons. The van der Waals surface area contributed by atoms with Gasteiger partial charge in [-0.15, -0.1) is 0 Å². The molecule has 0 aliphatic carbocycles. The van der Waals surface area contributed by atoms with Gasteiger partial charge in [0, 0.05) is 0 Å². The Morgan fingerprint density at radius 2 is 2.18 bits per heavy atom. The van der Waals surface area contributed by atoms with Crippen LogP contribution in [0.3, 0.4) is 0 Å². The number of benzene rings is 1. The third kappa shape index (κ3) is 4.43. The molecule has 28 heavy (non-hydrogen) atoms. The fraction of sp³-hybridized carbons (Fsp3) is 0.421. The van der Waals surface area contributed by atoms with Crippen LogP contribution in [0.5, 0.6) is 0 Å². The summed E-state index contributed by atoms with van der Waals surface area (Å²) in [6, 6.07) is 7.48. The first kappa shape index (κ1) is 22.5. The monoisotopic (exact) mass is 470 g/mol. The number of nitrogens with two attached hydrogens (primary N) is 1. The van der Waals surface area contributed by atoms with E-state index in [1.807, 2.05) is 30.5 Å². The Morgan fingerprint density at radius 1 is 1.46 bits per heavy atom. The van der Waals surface area contributed by atoms with Gasteiger partial charge in [-0.05, 0) is 0 Å². The minimum atomic E-state index is -0.814. The molecule has 1 atom stereocenters. The first-order valence-corrected chi connectivity index (χ1v) is 11.3. The van der Waals surface area contributed by atoms with Crippen LogP contribution in [0.15, 0.2) is 51.8 Å². The Morgan fingerprint density at radius 3 is 2.71 bits per heavy atom. The number of hydrogen-bond acceptors (Lipinski definition) is 7. The van der Waals surface area contributed by atoms with Gasteiger partial charge in [0.2, 0.25) is 0 Å². The van der Waals surface area contributed by atoms with Crippen molar-refractivity contribution >= 4 is 33.7 Å². The summed E-state index contributed by atoms with van der Waals surface area (Å²) in [5, 5.41) is 12.1. The second-order valence-corrected chi connectivity index (χ2v) is 7.54. The molecule has 1 aromatic carbocycles. The summed E-state index contributed by atoms with van der Waals surface area (Å²) in [7, 11) is 0. The number of thioether (sulfide) groups is 1. The van der Waals surface area contributed by atoms with Gasteiger partial charge in [-0.1, -0.05) is 0 Å². The molecule has 0 fully saturated rings. The van der Waals surface area contributed by atoms with Crippen molar-refractivity contribution in [3.05, 3.63) is 62.6 Å². The van der Waals surface area contributed by atoms with Gasteiger partial charge >= 0.3 is 177 Å². The molecular weight excluding hydrogens is 445 g/mol. The molecule has 0 saturated carbocycles. The molecule has 1 aliphatic rings. The quantitative estimate of drug-likeness (QED) is 0.205. The van der Waals surface area contributed by atoms with E-state index in [-0.39, 0.29) is 17.9 Å². The number of esters is 1. The molecule has 1 unspecified atom stereocenters. The summed E-state index contributed by atoms with van der Waals surface area (Å²) in [6.45, 7) is 3.92. The molecule has 7 nitrogen and oxygen atoms in total. The number of nitro groups is 1. The van der Waals surface area contributed by atoms with E-state index in [1.165, 1.54) is 11.8 Å². The topological polar surface area (TPSA) is 98.7 Å². The Labute approximate surface area is 177 Å². The van der Waals surface area contributed by atoms with E-state index < -0.39 is 16.8 Å². The van der Waals surface area contributed by atoms with Crippen molar-refractivity contribution in [3.63, 3.8) is 0 Å². The zero-order valence-electron chi connectivity index (χ0n) is 16.1. The molecule has 2 rings (SSSR count). The van der Waals surface area contributed by atoms with E-state index in [2.05, 4.69) is 16.0 Å². The van der Waals surface area contributed by atoms with Gasteiger partial charge in [0.25, 0.3) is 0 Å². The van der Waals surface area contributed by atoms with Crippen LogP contribution in [0.4, 0.5) is 0 Å².